The highest BCUT2D eigenvalue weighted by Gasteiger charge is 2.25. The Balaban J connectivity index is 1.31. The van der Waals surface area contributed by atoms with Gasteiger partial charge in [-0.05, 0) is 73.1 Å². The Bertz CT molecular complexity index is 2720. The lowest BCUT2D eigenvalue weighted by atomic mass is 9.69. The molecule has 1 heterocycles. The average Bonchev–Trinajstić information content (AvgIpc) is 3.55. The fourth-order valence-corrected chi connectivity index (χ4v) is 7.75. The summed E-state index contributed by atoms with van der Waals surface area (Å²) in [5, 5.41) is 29.3. The van der Waals surface area contributed by atoms with Gasteiger partial charge in [-0.25, -0.2) is 0 Å². The van der Waals surface area contributed by atoms with Gasteiger partial charge in [0.25, 0.3) is 0 Å². The molecule has 8 aromatic carbocycles. The van der Waals surface area contributed by atoms with Gasteiger partial charge < -0.3 is 14.6 Å². The van der Waals surface area contributed by atoms with Crippen LogP contribution in [0.3, 0.4) is 0 Å². The quantitative estimate of drug-likeness (QED) is 0.166. The first-order valence-corrected chi connectivity index (χ1v) is 17.0. The summed E-state index contributed by atoms with van der Waals surface area (Å²) in [6, 6.07) is 48.5. The molecule has 6 heteroatoms. The molecule has 0 atom stereocenters. The van der Waals surface area contributed by atoms with Crippen LogP contribution in [0.2, 0.25) is 0 Å². The topological polar surface area (TPSA) is 53.6 Å². The number of fused-ring (bicyclic) bond motifs is 5. The Morgan fingerprint density at radius 1 is 0.380 bits per heavy atom. The van der Waals surface area contributed by atoms with Gasteiger partial charge in [-0.1, -0.05) is 138 Å². The fourth-order valence-electron chi connectivity index (χ4n) is 7.75. The molecular formula is C44H31B3O3. The molecular weight excluding hydrogens is 609 g/mol. The van der Waals surface area contributed by atoms with E-state index in [1.165, 1.54) is 11.1 Å². The van der Waals surface area contributed by atoms with Crippen molar-refractivity contribution >= 4 is 83.4 Å². The van der Waals surface area contributed by atoms with Crippen LogP contribution in [-0.2, 0) is 0 Å². The van der Waals surface area contributed by atoms with Gasteiger partial charge >= 0.3 is 0 Å². The summed E-state index contributed by atoms with van der Waals surface area (Å²) in [4.78, 5) is 0. The van der Waals surface area contributed by atoms with Crippen molar-refractivity contribution in [2.24, 2.45) is 0 Å². The maximum Gasteiger partial charge on any atom is 0.143 e. The van der Waals surface area contributed by atoms with Gasteiger partial charge in [0.05, 0.1) is 5.56 Å². The van der Waals surface area contributed by atoms with Crippen molar-refractivity contribution < 1.29 is 14.6 Å². The SMILES string of the molecule is Bc1c(B)c(O)c(-c2c3ccccc3c(-c3cccc4oc5ccc(-c6ccc(-c7ccccc7)cc6)cc5c34)c3ccccc23)c(O)c1B. The van der Waals surface area contributed by atoms with Crippen molar-refractivity contribution in [3.05, 3.63) is 140 Å². The summed E-state index contributed by atoms with van der Waals surface area (Å²) < 4.78 is 6.50. The van der Waals surface area contributed by atoms with Crippen LogP contribution in [0.25, 0.3) is 88.0 Å². The highest BCUT2D eigenvalue weighted by Crippen LogP contribution is 2.49. The molecule has 9 rings (SSSR count). The molecule has 50 heavy (non-hydrogen) atoms. The van der Waals surface area contributed by atoms with Gasteiger partial charge in [0.15, 0.2) is 0 Å². The van der Waals surface area contributed by atoms with Crippen LogP contribution in [0.1, 0.15) is 0 Å². The van der Waals surface area contributed by atoms with E-state index in [-0.39, 0.29) is 11.5 Å². The van der Waals surface area contributed by atoms with Crippen LogP contribution in [0.5, 0.6) is 11.5 Å². The molecule has 0 aliphatic heterocycles. The molecule has 0 saturated carbocycles. The smallest absolute Gasteiger partial charge is 0.143 e. The third-order valence-electron chi connectivity index (χ3n) is 10.6. The number of hydrogen-bond acceptors (Lipinski definition) is 3. The zero-order valence-electron chi connectivity index (χ0n) is 28.1. The van der Waals surface area contributed by atoms with Gasteiger partial charge in [0.2, 0.25) is 0 Å². The molecule has 2 N–H and O–H groups in total. The molecule has 0 spiro atoms. The monoisotopic (exact) mass is 640 g/mol. The summed E-state index contributed by atoms with van der Waals surface area (Å²) in [5.41, 5.74) is 12.2. The first kappa shape index (κ1) is 30.0. The molecule has 0 aliphatic rings. The number of aromatic hydroxyl groups is 2. The normalized spacial score (nSPS) is 11.6. The number of hydrogen-bond donors (Lipinski definition) is 2. The van der Waals surface area contributed by atoms with Crippen molar-refractivity contribution in [1.29, 1.82) is 0 Å². The molecule has 9 aromatic rings. The van der Waals surface area contributed by atoms with Gasteiger partial charge in [0.1, 0.15) is 46.2 Å². The van der Waals surface area contributed by atoms with E-state index in [1.807, 2.05) is 47.8 Å². The van der Waals surface area contributed by atoms with Crippen LogP contribution in [0.4, 0.5) is 0 Å². The van der Waals surface area contributed by atoms with E-state index in [1.54, 1.807) is 0 Å². The molecule has 0 bridgehead atoms. The Morgan fingerprint density at radius 3 is 1.48 bits per heavy atom. The number of furan rings is 1. The standard InChI is InChI=1S/C44H31B3O3/c45-40-41(46)43(48)39(44(49)42(40)47)38-30-13-6-4-11-28(30)36(29-12-5-7-14-31(29)38)32-15-8-16-35-37(32)33-23-27(21-22-34(33)50-35)26-19-17-25(18-20-26)24-9-2-1-3-10-24/h1-23,48-49H,45-47H2. The minimum absolute atomic E-state index is 0.112. The Labute approximate surface area is 292 Å². The maximum absolute atomic E-state index is 11.6. The second-order valence-corrected chi connectivity index (χ2v) is 13.2. The Morgan fingerprint density at radius 2 is 0.880 bits per heavy atom. The van der Waals surface area contributed by atoms with Gasteiger partial charge in [0, 0.05) is 16.3 Å². The van der Waals surface area contributed by atoms with Crippen LogP contribution < -0.4 is 16.4 Å². The second kappa shape index (κ2) is 11.5. The second-order valence-electron chi connectivity index (χ2n) is 13.2. The van der Waals surface area contributed by atoms with E-state index in [0.29, 0.717) is 5.56 Å². The molecule has 0 amide bonds. The Hall–Kier alpha value is -6.13. The van der Waals surface area contributed by atoms with E-state index in [4.69, 9.17) is 4.42 Å². The van der Waals surface area contributed by atoms with E-state index in [2.05, 4.69) is 115 Å². The number of phenols is 2. The van der Waals surface area contributed by atoms with Crippen LogP contribution in [0.15, 0.2) is 144 Å². The molecule has 0 fully saturated rings. The van der Waals surface area contributed by atoms with Crippen molar-refractivity contribution in [2.45, 2.75) is 0 Å². The predicted octanol–water partition coefficient (Wildman–Crippen LogP) is 6.75. The lowest BCUT2D eigenvalue weighted by molar-refractivity contribution is 0.460. The minimum atomic E-state index is 0.112. The van der Waals surface area contributed by atoms with E-state index < -0.39 is 0 Å². The first-order valence-electron chi connectivity index (χ1n) is 17.0. The summed E-state index contributed by atoms with van der Waals surface area (Å²) in [6.07, 6.45) is 0. The van der Waals surface area contributed by atoms with Crippen LogP contribution in [0, 0.1) is 0 Å². The first-order chi connectivity index (χ1) is 24.4. The molecule has 0 unspecified atom stereocenters. The summed E-state index contributed by atoms with van der Waals surface area (Å²) in [7, 11) is 5.76. The summed E-state index contributed by atoms with van der Waals surface area (Å²) in [6.45, 7) is 0. The molecule has 3 nitrogen and oxygen atoms in total. The predicted molar refractivity (Wildman–Crippen MR) is 218 cm³/mol. The summed E-state index contributed by atoms with van der Waals surface area (Å²) >= 11 is 0. The molecule has 234 valence electrons. The lowest BCUT2D eigenvalue weighted by Gasteiger charge is -2.22. The third kappa shape index (κ3) is 4.49. The van der Waals surface area contributed by atoms with Crippen molar-refractivity contribution in [3.8, 4) is 56.0 Å². The highest BCUT2D eigenvalue weighted by atomic mass is 16.3. The van der Waals surface area contributed by atoms with Crippen molar-refractivity contribution in [2.75, 3.05) is 0 Å². The third-order valence-corrected chi connectivity index (χ3v) is 10.6. The number of rotatable bonds is 4. The summed E-state index contributed by atoms with van der Waals surface area (Å²) in [5.74, 6) is 0.224. The van der Waals surface area contributed by atoms with Crippen molar-refractivity contribution in [1.82, 2.24) is 0 Å². The molecule has 0 radical (unpaired) electrons. The van der Waals surface area contributed by atoms with Crippen molar-refractivity contribution in [3.63, 3.8) is 0 Å². The number of benzene rings is 8. The van der Waals surface area contributed by atoms with Gasteiger partial charge in [-0.3, -0.25) is 0 Å². The largest absolute Gasteiger partial charge is 0.508 e. The zero-order chi connectivity index (χ0) is 34.1. The fraction of sp³-hybridized carbons (Fsp3) is 0. The average molecular weight is 640 g/mol. The zero-order valence-corrected chi connectivity index (χ0v) is 28.1. The molecule has 0 saturated heterocycles. The minimum Gasteiger partial charge on any atom is -0.508 e. The van der Waals surface area contributed by atoms with E-state index in [0.717, 1.165) is 87.7 Å². The highest BCUT2D eigenvalue weighted by molar-refractivity contribution is 6.59. The van der Waals surface area contributed by atoms with Crippen LogP contribution in [-0.4, -0.2) is 33.8 Å². The van der Waals surface area contributed by atoms with Crippen LogP contribution >= 0.6 is 0 Å². The Kier molecular flexibility index (Phi) is 6.89. The van der Waals surface area contributed by atoms with Gasteiger partial charge in [-0.2, -0.15) is 0 Å². The van der Waals surface area contributed by atoms with Gasteiger partial charge in [-0.15, -0.1) is 0 Å². The lowest BCUT2D eigenvalue weighted by Crippen LogP contribution is -2.39. The van der Waals surface area contributed by atoms with E-state index >= 15 is 0 Å². The molecule has 0 aliphatic carbocycles. The number of phenolic OH excluding ortho intramolecular Hbond substituents is 2. The maximum atomic E-state index is 11.6. The van der Waals surface area contributed by atoms with E-state index in [9.17, 15) is 10.2 Å². The molecule has 1 aromatic heterocycles.